The smallest absolute Gasteiger partial charge is 0.136 e. The Bertz CT molecular complexity index is 661. The molecule has 0 spiro atoms. The zero-order chi connectivity index (χ0) is 14.4. The number of nitrogens with zero attached hydrogens (tertiary/aromatic N) is 1. The second-order valence-corrected chi connectivity index (χ2v) is 4.56. The molecule has 0 fully saturated rings. The number of hydrogen-bond acceptors (Lipinski definition) is 2. The van der Waals surface area contributed by atoms with E-state index in [4.69, 9.17) is 24.2 Å². The monoisotopic (exact) mass is 281 g/mol. The van der Waals surface area contributed by atoms with Gasteiger partial charge in [-0.1, -0.05) is 41.9 Å². The summed E-state index contributed by atoms with van der Waals surface area (Å²) in [5.41, 5.74) is 2.11. The lowest BCUT2D eigenvalue weighted by Crippen LogP contribution is -2.14. The molecule has 2 aromatic rings. The van der Waals surface area contributed by atoms with Crippen molar-refractivity contribution in [3.8, 4) is 17.6 Å². The molecule has 0 unspecified atom stereocenters. The van der Waals surface area contributed by atoms with E-state index in [2.05, 4.69) is 16.8 Å². The summed E-state index contributed by atoms with van der Waals surface area (Å²) < 4.78 is 5.75. The molecule has 0 saturated heterocycles. The zero-order valence-electron chi connectivity index (χ0n) is 11.2. The molecule has 0 atom stereocenters. The van der Waals surface area contributed by atoms with Crippen LogP contribution in [0.15, 0.2) is 36.5 Å². The average molecular weight is 282 g/mol. The van der Waals surface area contributed by atoms with Crippen LogP contribution in [0.5, 0.6) is 5.75 Å². The Kier molecular flexibility index (Phi) is 5.09. The second kappa shape index (κ2) is 7.02. The van der Waals surface area contributed by atoms with Crippen LogP contribution in [0.4, 0.5) is 0 Å². The SMILES string of the molecule is [B]c1cccnc1COc1cc(Cl)ccc1C#CCC. The van der Waals surface area contributed by atoms with Crippen LogP contribution < -0.4 is 10.2 Å². The summed E-state index contributed by atoms with van der Waals surface area (Å²) in [6.07, 6.45) is 2.47. The van der Waals surface area contributed by atoms with Crippen molar-refractivity contribution in [2.24, 2.45) is 0 Å². The molecule has 2 rings (SSSR count). The van der Waals surface area contributed by atoms with Crippen LogP contribution in [-0.4, -0.2) is 12.8 Å². The Morgan fingerprint density at radius 1 is 1.35 bits per heavy atom. The lowest BCUT2D eigenvalue weighted by molar-refractivity contribution is 0.301. The van der Waals surface area contributed by atoms with Crippen molar-refractivity contribution in [2.75, 3.05) is 0 Å². The number of rotatable bonds is 3. The number of pyridine rings is 1. The maximum Gasteiger partial charge on any atom is 0.136 e. The molecule has 0 aliphatic heterocycles. The predicted octanol–water partition coefficient (Wildman–Crippen LogP) is 2.87. The van der Waals surface area contributed by atoms with Gasteiger partial charge >= 0.3 is 0 Å². The molecule has 98 valence electrons. The summed E-state index contributed by atoms with van der Waals surface area (Å²) in [7, 11) is 5.84. The van der Waals surface area contributed by atoms with Gasteiger partial charge in [0.05, 0.1) is 11.3 Å². The van der Waals surface area contributed by atoms with E-state index in [1.54, 1.807) is 30.5 Å². The summed E-state index contributed by atoms with van der Waals surface area (Å²) in [5.74, 6) is 6.72. The number of benzene rings is 1. The highest BCUT2D eigenvalue weighted by Crippen LogP contribution is 2.23. The molecule has 0 aliphatic rings. The van der Waals surface area contributed by atoms with Crippen LogP contribution in [0.3, 0.4) is 0 Å². The molecule has 2 nitrogen and oxygen atoms in total. The highest BCUT2D eigenvalue weighted by Gasteiger charge is 2.05. The van der Waals surface area contributed by atoms with Gasteiger partial charge in [0.1, 0.15) is 20.2 Å². The van der Waals surface area contributed by atoms with E-state index in [1.165, 1.54) is 0 Å². The van der Waals surface area contributed by atoms with Crippen molar-refractivity contribution in [1.82, 2.24) is 4.98 Å². The van der Waals surface area contributed by atoms with E-state index >= 15 is 0 Å². The molecular formula is C16H13BClNO. The van der Waals surface area contributed by atoms with Crippen molar-refractivity contribution in [2.45, 2.75) is 20.0 Å². The minimum Gasteiger partial charge on any atom is -0.486 e. The normalized spacial score (nSPS) is 9.70. The standard InChI is InChI=1S/C16H13BClNO/c1-2-3-5-12-7-8-13(18)10-16(12)20-11-15-14(17)6-4-9-19-15/h4,6-10H,2,11H2,1H3. The zero-order valence-corrected chi connectivity index (χ0v) is 11.9. The van der Waals surface area contributed by atoms with E-state index in [-0.39, 0.29) is 6.61 Å². The Labute approximate surface area is 125 Å². The number of ether oxygens (including phenoxy) is 1. The molecule has 1 heterocycles. The molecule has 0 saturated carbocycles. The molecule has 0 aliphatic carbocycles. The summed E-state index contributed by atoms with van der Waals surface area (Å²) in [4.78, 5) is 4.19. The third-order valence-corrected chi connectivity index (χ3v) is 2.87. The van der Waals surface area contributed by atoms with Gasteiger partial charge in [-0.15, -0.1) is 0 Å². The largest absolute Gasteiger partial charge is 0.486 e. The first-order valence-corrected chi connectivity index (χ1v) is 6.69. The van der Waals surface area contributed by atoms with Crippen molar-refractivity contribution in [3.05, 3.63) is 52.8 Å². The van der Waals surface area contributed by atoms with Gasteiger partial charge in [-0.05, 0) is 18.2 Å². The molecule has 20 heavy (non-hydrogen) atoms. The van der Waals surface area contributed by atoms with Crippen LogP contribution in [0.2, 0.25) is 5.02 Å². The van der Waals surface area contributed by atoms with Gasteiger partial charge in [0, 0.05) is 23.7 Å². The second-order valence-electron chi connectivity index (χ2n) is 4.12. The van der Waals surface area contributed by atoms with Crippen LogP contribution in [-0.2, 0) is 6.61 Å². The third kappa shape index (κ3) is 3.79. The van der Waals surface area contributed by atoms with Crippen molar-refractivity contribution in [3.63, 3.8) is 0 Å². The average Bonchev–Trinajstić information content (AvgIpc) is 2.45. The third-order valence-electron chi connectivity index (χ3n) is 2.63. The van der Waals surface area contributed by atoms with Gasteiger partial charge in [-0.2, -0.15) is 0 Å². The molecule has 4 heteroatoms. The molecule has 0 amide bonds. The Balaban J connectivity index is 2.20. The summed E-state index contributed by atoms with van der Waals surface area (Å²) >= 11 is 6.00. The predicted molar refractivity (Wildman–Crippen MR) is 82.6 cm³/mol. The lowest BCUT2D eigenvalue weighted by Gasteiger charge is -2.10. The first kappa shape index (κ1) is 14.5. The molecule has 1 aromatic carbocycles. The van der Waals surface area contributed by atoms with Crippen LogP contribution in [0, 0.1) is 11.8 Å². The topological polar surface area (TPSA) is 22.1 Å². The summed E-state index contributed by atoms with van der Waals surface area (Å²) in [6, 6.07) is 8.98. The van der Waals surface area contributed by atoms with Gasteiger partial charge in [-0.25, -0.2) is 0 Å². The maximum absolute atomic E-state index is 6.00. The minimum atomic E-state index is 0.286. The van der Waals surface area contributed by atoms with Crippen LogP contribution in [0.1, 0.15) is 24.6 Å². The number of hydrogen-bond donors (Lipinski definition) is 0. The Morgan fingerprint density at radius 3 is 2.95 bits per heavy atom. The number of aromatic nitrogens is 1. The Hall–Kier alpha value is -1.92. The summed E-state index contributed by atoms with van der Waals surface area (Å²) in [6.45, 7) is 2.28. The fourth-order valence-corrected chi connectivity index (χ4v) is 1.78. The number of halogens is 1. The van der Waals surface area contributed by atoms with E-state index in [9.17, 15) is 0 Å². The van der Waals surface area contributed by atoms with Crippen LogP contribution in [0.25, 0.3) is 0 Å². The van der Waals surface area contributed by atoms with Gasteiger partial charge < -0.3 is 4.74 Å². The lowest BCUT2D eigenvalue weighted by atomic mass is 9.95. The first-order chi connectivity index (χ1) is 9.70. The van der Waals surface area contributed by atoms with Crippen molar-refractivity contribution in [1.29, 1.82) is 0 Å². The minimum absolute atomic E-state index is 0.286. The molecular weight excluding hydrogens is 268 g/mol. The van der Waals surface area contributed by atoms with Crippen molar-refractivity contribution >= 4 is 24.9 Å². The molecule has 0 N–H and O–H groups in total. The van der Waals surface area contributed by atoms with Gasteiger partial charge in [0.15, 0.2) is 0 Å². The molecule has 2 radical (unpaired) electrons. The van der Waals surface area contributed by atoms with E-state index < -0.39 is 0 Å². The first-order valence-electron chi connectivity index (χ1n) is 6.31. The van der Waals surface area contributed by atoms with E-state index in [0.717, 1.165) is 12.0 Å². The molecule has 1 aromatic heterocycles. The Morgan fingerprint density at radius 2 is 2.20 bits per heavy atom. The van der Waals surface area contributed by atoms with E-state index in [1.807, 2.05) is 13.0 Å². The fourth-order valence-electron chi connectivity index (χ4n) is 1.62. The fraction of sp³-hybridized carbons (Fsp3) is 0.188. The van der Waals surface area contributed by atoms with Gasteiger partial charge in [0.25, 0.3) is 0 Å². The van der Waals surface area contributed by atoms with Crippen molar-refractivity contribution < 1.29 is 4.74 Å². The maximum atomic E-state index is 6.00. The van der Waals surface area contributed by atoms with Crippen LogP contribution >= 0.6 is 11.6 Å². The quantitative estimate of drug-likeness (QED) is 0.637. The van der Waals surface area contributed by atoms with Gasteiger partial charge in [-0.3, -0.25) is 4.98 Å². The van der Waals surface area contributed by atoms with Gasteiger partial charge in [0.2, 0.25) is 0 Å². The van der Waals surface area contributed by atoms with E-state index in [0.29, 0.717) is 21.9 Å². The highest BCUT2D eigenvalue weighted by atomic mass is 35.5. The highest BCUT2D eigenvalue weighted by molar-refractivity contribution is 6.33. The summed E-state index contributed by atoms with van der Waals surface area (Å²) in [5, 5.41) is 0.607. The molecule has 0 bridgehead atoms.